The molecule has 4 nitrogen and oxygen atoms in total. The number of nitrogens with one attached hydrogen (secondary N) is 1. The fourth-order valence-corrected chi connectivity index (χ4v) is 4.73. The van der Waals surface area contributed by atoms with E-state index < -0.39 is 9.84 Å². The Morgan fingerprint density at radius 1 is 1.29 bits per heavy atom. The number of rotatable bonds is 3. The Bertz CT molecular complexity index is 342. The van der Waals surface area contributed by atoms with Gasteiger partial charge in [-0.3, -0.25) is 0 Å². The second-order valence-corrected chi connectivity index (χ2v) is 7.68. The van der Waals surface area contributed by atoms with Crippen LogP contribution in [0, 0.1) is 0 Å². The van der Waals surface area contributed by atoms with E-state index in [0.717, 1.165) is 51.9 Å². The molecular weight excluding hydrogens is 236 g/mol. The average Bonchev–Trinajstić information content (AvgIpc) is 2.53. The summed E-state index contributed by atoms with van der Waals surface area (Å²) in [5, 5.41) is 3.42. The minimum absolute atomic E-state index is 0.0966. The molecule has 0 radical (unpaired) electrons. The molecule has 0 aromatic heterocycles. The minimum atomic E-state index is -2.78. The van der Waals surface area contributed by atoms with Crippen LogP contribution >= 0.6 is 0 Å². The Labute approximate surface area is 105 Å². The molecule has 2 heterocycles. The van der Waals surface area contributed by atoms with E-state index in [0.29, 0.717) is 11.8 Å². The Morgan fingerprint density at radius 3 is 2.76 bits per heavy atom. The molecule has 1 N–H and O–H groups in total. The van der Waals surface area contributed by atoms with E-state index in [1.807, 2.05) is 0 Å². The summed E-state index contributed by atoms with van der Waals surface area (Å²) in [6.07, 6.45) is 4.03. The Balaban J connectivity index is 1.87. The van der Waals surface area contributed by atoms with Crippen LogP contribution in [0.15, 0.2) is 0 Å². The van der Waals surface area contributed by atoms with Gasteiger partial charge in [0.1, 0.15) is 0 Å². The zero-order valence-electron chi connectivity index (χ0n) is 10.7. The van der Waals surface area contributed by atoms with Crippen LogP contribution in [0.25, 0.3) is 0 Å². The first-order valence-electron chi connectivity index (χ1n) is 6.79. The van der Waals surface area contributed by atoms with Crippen molar-refractivity contribution in [3.8, 4) is 0 Å². The molecule has 2 unspecified atom stereocenters. The molecule has 2 aliphatic rings. The number of nitrogens with zero attached hydrogens (tertiary/aromatic N) is 1. The van der Waals surface area contributed by atoms with Gasteiger partial charge < -0.3 is 10.2 Å². The molecule has 2 saturated heterocycles. The van der Waals surface area contributed by atoms with Crippen molar-refractivity contribution in [3.63, 3.8) is 0 Å². The second-order valence-electron chi connectivity index (χ2n) is 5.28. The lowest BCUT2D eigenvalue weighted by atomic mass is 10.1. The average molecular weight is 260 g/mol. The van der Waals surface area contributed by atoms with E-state index in [-0.39, 0.29) is 5.25 Å². The zero-order valence-corrected chi connectivity index (χ0v) is 11.5. The summed E-state index contributed by atoms with van der Waals surface area (Å²) in [5.41, 5.74) is 0. The van der Waals surface area contributed by atoms with Crippen LogP contribution in [0.1, 0.15) is 32.6 Å². The molecule has 0 aromatic carbocycles. The molecule has 0 aromatic rings. The van der Waals surface area contributed by atoms with Crippen LogP contribution in [-0.2, 0) is 9.84 Å². The summed E-state index contributed by atoms with van der Waals surface area (Å²) in [6.45, 7) is 5.97. The molecule has 5 heteroatoms. The van der Waals surface area contributed by atoms with Crippen molar-refractivity contribution in [2.24, 2.45) is 0 Å². The standard InChI is InChI=1S/C12H24N2O2S/c1-2-11-5-7-14(8-6-13-11)10-12-4-3-9-17(12,15)16/h11-13H,2-10H2,1H3. The normalized spacial score (nSPS) is 34.6. The van der Waals surface area contributed by atoms with Crippen LogP contribution in [-0.4, -0.2) is 56.5 Å². The van der Waals surface area contributed by atoms with Gasteiger partial charge in [0, 0.05) is 25.7 Å². The van der Waals surface area contributed by atoms with Crippen molar-refractivity contribution >= 4 is 9.84 Å². The Morgan fingerprint density at radius 2 is 2.12 bits per heavy atom. The van der Waals surface area contributed by atoms with E-state index in [9.17, 15) is 8.42 Å². The van der Waals surface area contributed by atoms with Gasteiger partial charge in [0.25, 0.3) is 0 Å². The van der Waals surface area contributed by atoms with Gasteiger partial charge in [0.05, 0.1) is 11.0 Å². The fraction of sp³-hybridized carbons (Fsp3) is 1.00. The van der Waals surface area contributed by atoms with E-state index in [1.165, 1.54) is 0 Å². The number of hydrogen-bond donors (Lipinski definition) is 1. The van der Waals surface area contributed by atoms with Gasteiger partial charge in [-0.15, -0.1) is 0 Å². The Hall–Kier alpha value is -0.130. The zero-order chi connectivity index (χ0) is 12.3. The highest BCUT2D eigenvalue weighted by molar-refractivity contribution is 7.92. The molecule has 100 valence electrons. The van der Waals surface area contributed by atoms with Gasteiger partial charge >= 0.3 is 0 Å². The van der Waals surface area contributed by atoms with E-state index in [2.05, 4.69) is 17.1 Å². The van der Waals surface area contributed by atoms with Crippen LogP contribution in [0.4, 0.5) is 0 Å². The maximum Gasteiger partial charge on any atom is 0.154 e. The highest BCUT2D eigenvalue weighted by atomic mass is 32.2. The van der Waals surface area contributed by atoms with Crippen LogP contribution in [0.2, 0.25) is 0 Å². The van der Waals surface area contributed by atoms with E-state index >= 15 is 0 Å². The molecule has 0 aliphatic carbocycles. The summed E-state index contributed by atoms with van der Waals surface area (Å²) in [5.74, 6) is 0.404. The smallest absolute Gasteiger partial charge is 0.154 e. The summed E-state index contributed by atoms with van der Waals surface area (Å²) < 4.78 is 23.6. The van der Waals surface area contributed by atoms with E-state index in [1.54, 1.807) is 0 Å². The molecule has 0 amide bonds. The van der Waals surface area contributed by atoms with Crippen molar-refractivity contribution < 1.29 is 8.42 Å². The first kappa shape index (κ1) is 13.3. The van der Waals surface area contributed by atoms with E-state index in [4.69, 9.17) is 0 Å². The summed E-state index contributed by atoms with van der Waals surface area (Å²) in [7, 11) is -2.78. The SMILES string of the molecule is CCC1CCN(CC2CCCS2(=O)=O)CCN1. The maximum absolute atomic E-state index is 11.8. The van der Waals surface area contributed by atoms with Gasteiger partial charge in [-0.05, 0) is 32.2 Å². The van der Waals surface area contributed by atoms with Gasteiger partial charge in [-0.2, -0.15) is 0 Å². The lowest BCUT2D eigenvalue weighted by Crippen LogP contribution is -2.37. The van der Waals surface area contributed by atoms with Gasteiger partial charge in [0.2, 0.25) is 0 Å². The molecule has 0 bridgehead atoms. The number of sulfone groups is 1. The van der Waals surface area contributed by atoms with Crippen LogP contribution < -0.4 is 5.32 Å². The van der Waals surface area contributed by atoms with Crippen molar-refractivity contribution in [1.29, 1.82) is 0 Å². The van der Waals surface area contributed by atoms with Crippen LogP contribution in [0.5, 0.6) is 0 Å². The Kier molecular flexibility index (Phi) is 4.44. The third-order valence-electron chi connectivity index (χ3n) is 4.07. The van der Waals surface area contributed by atoms with Crippen molar-refractivity contribution in [2.45, 2.75) is 43.9 Å². The highest BCUT2D eigenvalue weighted by Gasteiger charge is 2.32. The maximum atomic E-state index is 11.8. The lowest BCUT2D eigenvalue weighted by Gasteiger charge is -2.22. The summed E-state index contributed by atoms with van der Waals surface area (Å²) >= 11 is 0. The predicted molar refractivity (Wildman–Crippen MR) is 69.9 cm³/mol. The topological polar surface area (TPSA) is 49.4 Å². The number of hydrogen-bond acceptors (Lipinski definition) is 4. The van der Waals surface area contributed by atoms with Crippen LogP contribution in [0.3, 0.4) is 0 Å². The molecule has 0 saturated carbocycles. The van der Waals surface area contributed by atoms with Crippen molar-refractivity contribution in [1.82, 2.24) is 10.2 Å². The third-order valence-corrected chi connectivity index (χ3v) is 6.33. The summed E-state index contributed by atoms with van der Waals surface area (Å²) in [6, 6.07) is 0.611. The molecule has 2 rings (SSSR count). The monoisotopic (exact) mass is 260 g/mol. The first-order valence-corrected chi connectivity index (χ1v) is 8.50. The molecule has 2 atom stereocenters. The summed E-state index contributed by atoms with van der Waals surface area (Å²) in [4.78, 5) is 2.33. The first-order chi connectivity index (χ1) is 8.12. The fourth-order valence-electron chi connectivity index (χ4n) is 2.86. The van der Waals surface area contributed by atoms with Crippen molar-refractivity contribution in [3.05, 3.63) is 0 Å². The molecule has 17 heavy (non-hydrogen) atoms. The van der Waals surface area contributed by atoms with Crippen molar-refractivity contribution in [2.75, 3.05) is 31.9 Å². The molecule has 0 spiro atoms. The predicted octanol–water partition coefficient (Wildman–Crippen LogP) is 0.638. The third kappa shape index (κ3) is 3.42. The largest absolute Gasteiger partial charge is 0.313 e. The highest BCUT2D eigenvalue weighted by Crippen LogP contribution is 2.21. The lowest BCUT2D eigenvalue weighted by molar-refractivity contribution is 0.286. The van der Waals surface area contributed by atoms with Gasteiger partial charge in [0.15, 0.2) is 9.84 Å². The van der Waals surface area contributed by atoms with Gasteiger partial charge in [-0.1, -0.05) is 6.92 Å². The minimum Gasteiger partial charge on any atom is -0.313 e. The quantitative estimate of drug-likeness (QED) is 0.809. The molecular formula is C12H24N2O2S. The molecule has 2 aliphatic heterocycles. The second kappa shape index (κ2) is 5.67. The van der Waals surface area contributed by atoms with Gasteiger partial charge in [-0.25, -0.2) is 8.42 Å². The molecule has 2 fully saturated rings.